The summed E-state index contributed by atoms with van der Waals surface area (Å²) in [5.74, 6) is 0. The molecule has 0 saturated carbocycles. The van der Waals surface area contributed by atoms with Crippen molar-refractivity contribution >= 4 is 60.4 Å². The summed E-state index contributed by atoms with van der Waals surface area (Å²) in [5.41, 5.74) is 14.0. The number of hydrogen-bond acceptors (Lipinski definition) is 1. The average Bonchev–Trinajstić information content (AvgIpc) is 3.64. The number of rotatable bonds is 7. The van der Waals surface area contributed by atoms with E-state index in [1.165, 1.54) is 71.3 Å². The van der Waals surface area contributed by atoms with E-state index in [1.807, 2.05) is 0 Å². The van der Waals surface area contributed by atoms with E-state index >= 15 is 0 Å². The highest BCUT2D eigenvalue weighted by Gasteiger charge is 2.21. The molecule has 0 aliphatic carbocycles. The van der Waals surface area contributed by atoms with Gasteiger partial charge in [0.25, 0.3) is 0 Å². The van der Waals surface area contributed by atoms with Crippen LogP contribution in [0.5, 0.6) is 0 Å². The van der Waals surface area contributed by atoms with Gasteiger partial charge < -0.3 is 9.47 Å². The molecule has 0 aliphatic heterocycles. The van der Waals surface area contributed by atoms with E-state index in [-0.39, 0.29) is 0 Å². The molecule has 2 nitrogen and oxygen atoms in total. The second-order valence-electron chi connectivity index (χ2n) is 14.9. The molecule has 0 fully saturated rings. The minimum Gasteiger partial charge on any atom is -0.310 e. The first-order valence-electron chi connectivity index (χ1n) is 19.9. The van der Waals surface area contributed by atoms with Crippen molar-refractivity contribution in [1.29, 1.82) is 0 Å². The molecule has 0 aliphatic rings. The van der Waals surface area contributed by atoms with Crippen LogP contribution >= 0.6 is 0 Å². The highest BCUT2D eigenvalue weighted by Crippen LogP contribution is 2.45. The Kier molecular flexibility index (Phi) is 8.19. The van der Waals surface area contributed by atoms with Gasteiger partial charge in [0.2, 0.25) is 0 Å². The van der Waals surface area contributed by atoms with Crippen molar-refractivity contribution in [3.05, 3.63) is 231 Å². The Morgan fingerprint density at radius 2 is 0.828 bits per heavy atom. The molecule has 10 aromatic carbocycles. The standard InChI is InChI=1S/C56H38N2/c1-3-15-39(16-4-1)41-27-31-45(32-28-41)57(46-33-29-40-17-7-8-20-43(40)37-46)56-35-30-44(38-52(56)42-18-5-2-6-19-42)47-34-36-55(49-22-10-9-21-48(47)49)58-53-25-13-11-23-50(53)51-24-12-14-26-54(51)58/h1-38H. The first-order valence-corrected chi connectivity index (χ1v) is 19.9. The molecule has 0 saturated heterocycles. The van der Waals surface area contributed by atoms with Gasteiger partial charge in [-0.25, -0.2) is 0 Å². The van der Waals surface area contributed by atoms with Crippen LogP contribution in [-0.2, 0) is 0 Å². The molecule has 1 aromatic heterocycles. The van der Waals surface area contributed by atoms with Gasteiger partial charge in [0.15, 0.2) is 0 Å². The maximum Gasteiger partial charge on any atom is 0.0541 e. The Morgan fingerprint density at radius 3 is 1.53 bits per heavy atom. The predicted octanol–water partition coefficient (Wildman–Crippen LogP) is 15.6. The van der Waals surface area contributed by atoms with Crippen molar-refractivity contribution in [3.63, 3.8) is 0 Å². The third-order valence-corrected chi connectivity index (χ3v) is 11.6. The van der Waals surface area contributed by atoms with Crippen molar-refractivity contribution in [3.8, 4) is 39.1 Å². The van der Waals surface area contributed by atoms with Crippen LogP contribution in [0, 0.1) is 0 Å². The lowest BCUT2D eigenvalue weighted by molar-refractivity contribution is 1.20. The summed E-state index contributed by atoms with van der Waals surface area (Å²) in [4.78, 5) is 2.41. The highest BCUT2D eigenvalue weighted by atomic mass is 15.1. The molecule has 0 N–H and O–H groups in total. The Hall–Kier alpha value is -7.68. The summed E-state index contributed by atoms with van der Waals surface area (Å²) < 4.78 is 2.43. The molecular formula is C56H38N2. The van der Waals surface area contributed by atoms with Crippen LogP contribution in [0.4, 0.5) is 17.1 Å². The summed E-state index contributed by atoms with van der Waals surface area (Å²) in [6.45, 7) is 0. The summed E-state index contributed by atoms with van der Waals surface area (Å²) >= 11 is 0. The van der Waals surface area contributed by atoms with Gasteiger partial charge >= 0.3 is 0 Å². The Bertz CT molecular complexity index is 3220. The lowest BCUT2D eigenvalue weighted by Gasteiger charge is -2.29. The smallest absolute Gasteiger partial charge is 0.0541 e. The minimum atomic E-state index is 1.10. The fraction of sp³-hybridized carbons (Fsp3) is 0. The zero-order valence-electron chi connectivity index (χ0n) is 31.8. The second-order valence-corrected chi connectivity index (χ2v) is 14.9. The summed E-state index contributed by atoms with van der Waals surface area (Å²) in [7, 11) is 0. The molecule has 2 heteroatoms. The third kappa shape index (κ3) is 5.74. The summed E-state index contributed by atoms with van der Waals surface area (Å²) in [6.07, 6.45) is 0. The van der Waals surface area contributed by atoms with Crippen molar-refractivity contribution in [1.82, 2.24) is 4.57 Å². The largest absolute Gasteiger partial charge is 0.310 e. The van der Waals surface area contributed by atoms with Crippen LogP contribution in [0.2, 0.25) is 0 Å². The molecule has 0 atom stereocenters. The Balaban J connectivity index is 1.11. The lowest BCUT2D eigenvalue weighted by atomic mass is 9.92. The summed E-state index contributed by atoms with van der Waals surface area (Å²) in [6, 6.07) is 83.7. The second kappa shape index (κ2) is 14.1. The molecule has 1 heterocycles. The molecule has 0 radical (unpaired) electrons. The molecule has 0 unspecified atom stereocenters. The molecule has 0 bridgehead atoms. The fourth-order valence-electron chi connectivity index (χ4n) is 8.84. The fourth-order valence-corrected chi connectivity index (χ4v) is 8.84. The van der Waals surface area contributed by atoms with Crippen molar-refractivity contribution in [2.75, 3.05) is 4.90 Å². The monoisotopic (exact) mass is 738 g/mol. The van der Waals surface area contributed by atoms with Crippen molar-refractivity contribution in [2.45, 2.75) is 0 Å². The van der Waals surface area contributed by atoms with E-state index in [0.717, 1.165) is 28.2 Å². The van der Waals surface area contributed by atoms with E-state index in [1.54, 1.807) is 0 Å². The van der Waals surface area contributed by atoms with Crippen molar-refractivity contribution < 1.29 is 0 Å². The molecule has 0 amide bonds. The quantitative estimate of drug-likeness (QED) is 0.158. The maximum atomic E-state index is 2.43. The number of nitrogens with zero attached hydrogens (tertiary/aromatic N) is 2. The number of fused-ring (bicyclic) bond motifs is 5. The normalized spacial score (nSPS) is 11.4. The number of benzene rings is 10. The number of para-hydroxylation sites is 2. The lowest BCUT2D eigenvalue weighted by Crippen LogP contribution is -2.11. The van der Waals surface area contributed by atoms with Gasteiger partial charge in [-0.05, 0) is 98.6 Å². The predicted molar refractivity (Wildman–Crippen MR) is 247 cm³/mol. The number of anilines is 3. The SMILES string of the molecule is c1ccc(-c2ccc(N(c3ccc4ccccc4c3)c3ccc(-c4ccc(-n5c6ccccc6c6ccccc65)c5ccccc45)cc3-c3ccccc3)cc2)cc1. The highest BCUT2D eigenvalue weighted by molar-refractivity contribution is 6.11. The van der Waals surface area contributed by atoms with Crippen LogP contribution in [0.1, 0.15) is 0 Å². The van der Waals surface area contributed by atoms with E-state index in [4.69, 9.17) is 0 Å². The van der Waals surface area contributed by atoms with Gasteiger partial charge in [0.05, 0.1) is 22.4 Å². The molecule has 0 spiro atoms. The molecule has 272 valence electrons. The molecule has 58 heavy (non-hydrogen) atoms. The number of hydrogen-bond donors (Lipinski definition) is 0. The first-order chi connectivity index (χ1) is 28.8. The minimum absolute atomic E-state index is 1.10. The van der Waals surface area contributed by atoms with E-state index in [2.05, 4.69) is 240 Å². The van der Waals surface area contributed by atoms with Crippen LogP contribution < -0.4 is 4.90 Å². The topological polar surface area (TPSA) is 8.17 Å². The van der Waals surface area contributed by atoms with Gasteiger partial charge in [-0.2, -0.15) is 0 Å². The van der Waals surface area contributed by atoms with E-state index < -0.39 is 0 Å². The average molecular weight is 739 g/mol. The molecule has 11 aromatic rings. The van der Waals surface area contributed by atoms with E-state index in [9.17, 15) is 0 Å². The Labute approximate surface area is 338 Å². The van der Waals surface area contributed by atoms with Crippen LogP contribution in [0.25, 0.3) is 82.4 Å². The zero-order chi connectivity index (χ0) is 38.4. The van der Waals surface area contributed by atoms with Crippen LogP contribution in [0.3, 0.4) is 0 Å². The zero-order valence-corrected chi connectivity index (χ0v) is 31.8. The third-order valence-electron chi connectivity index (χ3n) is 11.6. The Morgan fingerprint density at radius 1 is 0.293 bits per heavy atom. The molecular weight excluding hydrogens is 701 g/mol. The first kappa shape index (κ1) is 33.6. The maximum absolute atomic E-state index is 2.43. The molecule has 11 rings (SSSR count). The number of aromatic nitrogens is 1. The van der Waals surface area contributed by atoms with Gasteiger partial charge in [-0.1, -0.05) is 176 Å². The van der Waals surface area contributed by atoms with Gasteiger partial charge in [0.1, 0.15) is 0 Å². The van der Waals surface area contributed by atoms with Crippen LogP contribution in [-0.4, -0.2) is 4.57 Å². The van der Waals surface area contributed by atoms with Gasteiger partial charge in [-0.15, -0.1) is 0 Å². The van der Waals surface area contributed by atoms with Gasteiger partial charge in [-0.3, -0.25) is 0 Å². The van der Waals surface area contributed by atoms with Gasteiger partial charge in [0, 0.05) is 33.1 Å². The summed E-state index contributed by atoms with van der Waals surface area (Å²) in [5, 5.41) is 7.39. The van der Waals surface area contributed by atoms with E-state index in [0.29, 0.717) is 0 Å². The van der Waals surface area contributed by atoms with Crippen LogP contribution in [0.15, 0.2) is 231 Å². The van der Waals surface area contributed by atoms with Crippen molar-refractivity contribution in [2.24, 2.45) is 0 Å².